The maximum atomic E-state index is 12.6. The van der Waals surface area contributed by atoms with E-state index in [0.29, 0.717) is 5.56 Å². The van der Waals surface area contributed by atoms with Gasteiger partial charge in [0.05, 0.1) is 6.54 Å². The number of carbonyl (C=O) groups is 3. The molecule has 1 N–H and O–H groups in total. The Morgan fingerprint density at radius 3 is 2.24 bits per heavy atom. The summed E-state index contributed by atoms with van der Waals surface area (Å²) in [6, 6.07) is 14.3. The predicted octanol–water partition coefficient (Wildman–Crippen LogP) is 4.00. The molecule has 0 aliphatic heterocycles. The Hall–Kier alpha value is -2.46. The van der Waals surface area contributed by atoms with Crippen molar-refractivity contribution in [2.24, 2.45) is 5.92 Å². The second-order valence-electron chi connectivity index (χ2n) is 6.39. The van der Waals surface area contributed by atoms with Crippen LogP contribution in [-0.4, -0.2) is 35.1 Å². The van der Waals surface area contributed by atoms with E-state index in [1.807, 2.05) is 42.5 Å². The minimum absolute atomic E-state index is 0.00720. The van der Waals surface area contributed by atoms with E-state index in [1.54, 1.807) is 42.5 Å². The number of ether oxygens (including phenoxy) is 3. The molecule has 0 amide bonds. The normalized spacial score (nSPS) is 11.6. The molecule has 8 heteroatoms. The lowest BCUT2D eigenvalue weighted by Crippen LogP contribution is -2.45. The van der Waals surface area contributed by atoms with Gasteiger partial charge in [-0.1, -0.05) is 50.2 Å². The van der Waals surface area contributed by atoms with Crippen LogP contribution in [0.3, 0.4) is 0 Å². The lowest BCUT2D eigenvalue weighted by atomic mass is 10.0. The van der Waals surface area contributed by atoms with E-state index in [4.69, 9.17) is 14.2 Å². The molecule has 0 fully saturated rings. The van der Waals surface area contributed by atoms with Crippen molar-refractivity contribution in [2.45, 2.75) is 19.9 Å². The van der Waals surface area contributed by atoms with Crippen molar-refractivity contribution in [3.63, 3.8) is 0 Å². The number of nitrogens with one attached hydrogen (secondary N) is 1. The summed E-state index contributed by atoms with van der Waals surface area (Å²) in [7, 11) is 0. The van der Waals surface area contributed by atoms with Gasteiger partial charge in [-0.25, -0.2) is 9.59 Å². The summed E-state index contributed by atoms with van der Waals surface area (Å²) < 4.78 is 15.3. The van der Waals surface area contributed by atoms with Crippen LogP contribution in [0.5, 0.6) is 11.5 Å². The van der Waals surface area contributed by atoms with Crippen LogP contribution in [0.1, 0.15) is 24.2 Å². The Balaban J connectivity index is 1.98. The van der Waals surface area contributed by atoms with Crippen molar-refractivity contribution < 1.29 is 28.6 Å². The lowest BCUT2D eigenvalue weighted by molar-refractivity contribution is -0.137. The number of alkyl halides is 1. The first kappa shape index (κ1) is 22.8. The smallest absolute Gasteiger partial charge is 0.425 e. The highest BCUT2D eigenvalue weighted by Crippen LogP contribution is 2.21. The quantitative estimate of drug-likeness (QED) is 0.136. The molecule has 0 aliphatic carbocycles. The van der Waals surface area contributed by atoms with E-state index in [0.717, 1.165) is 0 Å². The van der Waals surface area contributed by atoms with Crippen LogP contribution in [0.15, 0.2) is 54.6 Å². The van der Waals surface area contributed by atoms with E-state index >= 15 is 0 Å². The number of ketones is 1. The van der Waals surface area contributed by atoms with E-state index in [-0.39, 0.29) is 34.4 Å². The fraction of sp³-hybridized carbons (Fsp3) is 0.286. The van der Waals surface area contributed by atoms with Gasteiger partial charge in [-0.15, -0.1) is 0 Å². The zero-order valence-electron chi connectivity index (χ0n) is 16.1. The van der Waals surface area contributed by atoms with Gasteiger partial charge in [0.15, 0.2) is 5.78 Å². The average Bonchev–Trinajstić information content (AvgIpc) is 2.68. The summed E-state index contributed by atoms with van der Waals surface area (Å²) in [6.07, 6.45) is -0.843. The monoisotopic (exact) mass is 511 g/mol. The van der Waals surface area contributed by atoms with Crippen molar-refractivity contribution in [1.29, 1.82) is 0 Å². The minimum atomic E-state index is -0.843. The van der Waals surface area contributed by atoms with Gasteiger partial charge in [0.2, 0.25) is 0 Å². The number of rotatable bonds is 9. The number of esters is 1. The second kappa shape index (κ2) is 11.5. The fourth-order valence-electron chi connectivity index (χ4n) is 2.47. The molecule has 1 unspecified atom stereocenters. The van der Waals surface area contributed by atoms with Crippen LogP contribution < -0.4 is 14.8 Å². The predicted molar refractivity (Wildman–Crippen MR) is 115 cm³/mol. The van der Waals surface area contributed by atoms with Crippen molar-refractivity contribution in [1.82, 2.24) is 5.32 Å². The Kier molecular flexibility index (Phi) is 9.07. The molecule has 0 saturated heterocycles. The first-order chi connectivity index (χ1) is 13.9. The van der Waals surface area contributed by atoms with Crippen LogP contribution in [0.25, 0.3) is 0 Å². The molecule has 0 aromatic heterocycles. The number of Topliss-reactive ketones (excluding diaryl/α,β-unsaturated/α-hetero) is 1. The van der Waals surface area contributed by atoms with Crippen molar-refractivity contribution >= 4 is 40.5 Å². The van der Waals surface area contributed by atoms with Gasteiger partial charge in [-0.3, -0.25) is 10.1 Å². The molecular weight excluding hydrogens is 489 g/mol. The largest absolute Gasteiger partial charge is 0.514 e. The maximum absolute atomic E-state index is 12.6. The van der Waals surface area contributed by atoms with Gasteiger partial charge in [-0.05, 0) is 40.6 Å². The van der Waals surface area contributed by atoms with E-state index in [2.05, 4.69) is 5.32 Å². The molecule has 154 valence electrons. The molecule has 0 spiro atoms. The standard InChI is InChI=1S/C21H22INO6/c1-14(2)19(23-12-18(24)15-7-4-3-5-8-15)20(25)28-16-9-6-10-17(11-16)29-21(26)27-13-22/h3-11,14,19,23H,12-13H2,1-2H3. The third-order valence-electron chi connectivity index (χ3n) is 3.90. The van der Waals surface area contributed by atoms with Crippen molar-refractivity contribution in [3.05, 3.63) is 60.2 Å². The van der Waals surface area contributed by atoms with Crippen LogP contribution in [0.4, 0.5) is 4.79 Å². The Labute approximate surface area is 182 Å². The molecule has 0 saturated carbocycles. The van der Waals surface area contributed by atoms with E-state index < -0.39 is 18.2 Å². The highest BCUT2D eigenvalue weighted by molar-refractivity contribution is 14.1. The van der Waals surface area contributed by atoms with Gasteiger partial charge < -0.3 is 14.2 Å². The van der Waals surface area contributed by atoms with Crippen LogP contribution in [0.2, 0.25) is 0 Å². The topological polar surface area (TPSA) is 90.9 Å². The zero-order valence-corrected chi connectivity index (χ0v) is 18.3. The zero-order chi connectivity index (χ0) is 21.2. The van der Waals surface area contributed by atoms with Crippen molar-refractivity contribution in [2.75, 3.05) is 11.2 Å². The summed E-state index contributed by atoms with van der Waals surface area (Å²) in [5.74, 6) is -0.347. The molecule has 2 aromatic carbocycles. The Bertz CT molecular complexity index is 840. The molecule has 7 nitrogen and oxygen atoms in total. The molecule has 1 atom stereocenters. The lowest BCUT2D eigenvalue weighted by Gasteiger charge is -2.20. The highest BCUT2D eigenvalue weighted by atomic mass is 127. The molecule has 29 heavy (non-hydrogen) atoms. The van der Waals surface area contributed by atoms with Gasteiger partial charge in [0.1, 0.15) is 22.2 Å². The Morgan fingerprint density at radius 1 is 0.966 bits per heavy atom. The molecule has 0 aliphatic rings. The number of carbonyl (C=O) groups excluding carboxylic acids is 3. The summed E-state index contributed by atoms with van der Waals surface area (Å²) in [5, 5.41) is 2.97. The number of halogens is 1. The molecular formula is C21H22INO6. The average molecular weight is 511 g/mol. The molecule has 2 aromatic rings. The first-order valence-electron chi connectivity index (χ1n) is 8.94. The van der Waals surface area contributed by atoms with Crippen LogP contribution in [0, 0.1) is 5.92 Å². The Morgan fingerprint density at radius 2 is 1.62 bits per heavy atom. The summed E-state index contributed by atoms with van der Waals surface area (Å²) in [6.45, 7) is 3.71. The van der Waals surface area contributed by atoms with E-state index in [1.165, 1.54) is 6.07 Å². The van der Waals surface area contributed by atoms with Crippen LogP contribution >= 0.6 is 22.6 Å². The minimum Gasteiger partial charge on any atom is -0.425 e. The third-order valence-corrected chi connectivity index (χ3v) is 4.21. The van der Waals surface area contributed by atoms with Gasteiger partial charge in [0, 0.05) is 11.6 Å². The van der Waals surface area contributed by atoms with Gasteiger partial charge in [-0.2, -0.15) is 0 Å². The number of hydrogen-bond donors (Lipinski definition) is 1. The van der Waals surface area contributed by atoms with Crippen LogP contribution in [-0.2, 0) is 9.53 Å². The fourth-order valence-corrected chi connectivity index (χ4v) is 2.73. The molecule has 2 rings (SSSR count). The van der Waals surface area contributed by atoms with Gasteiger partial charge >= 0.3 is 12.1 Å². The summed E-state index contributed by atoms with van der Waals surface area (Å²) in [4.78, 5) is 36.3. The summed E-state index contributed by atoms with van der Waals surface area (Å²) in [5.41, 5.74) is 0.569. The van der Waals surface area contributed by atoms with E-state index in [9.17, 15) is 14.4 Å². The second-order valence-corrected chi connectivity index (χ2v) is 7.02. The molecule has 0 radical (unpaired) electrons. The SMILES string of the molecule is CC(C)C(NCC(=O)c1ccccc1)C(=O)Oc1cccc(OC(=O)OCI)c1. The van der Waals surface area contributed by atoms with Crippen molar-refractivity contribution in [3.8, 4) is 11.5 Å². The molecule has 0 bridgehead atoms. The third kappa shape index (κ3) is 7.47. The number of benzene rings is 2. The number of hydrogen-bond acceptors (Lipinski definition) is 7. The molecule has 0 heterocycles. The summed E-state index contributed by atoms with van der Waals surface area (Å²) >= 11 is 1.87. The first-order valence-corrected chi connectivity index (χ1v) is 10.5. The van der Waals surface area contributed by atoms with Gasteiger partial charge in [0.25, 0.3) is 0 Å². The maximum Gasteiger partial charge on any atom is 0.514 e. The highest BCUT2D eigenvalue weighted by Gasteiger charge is 2.25.